The maximum Gasteiger partial charge on any atom is 0.432 e. The van der Waals surface area contributed by atoms with Gasteiger partial charge in [0, 0.05) is 18.6 Å². The van der Waals surface area contributed by atoms with Crippen molar-refractivity contribution in [3.63, 3.8) is 0 Å². The summed E-state index contributed by atoms with van der Waals surface area (Å²) in [5.41, 5.74) is -2.81. The van der Waals surface area contributed by atoms with Crippen LogP contribution in [0.2, 0.25) is 0 Å². The fourth-order valence-electron chi connectivity index (χ4n) is 3.60. The van der Waals surface area contributed by atoms with E-state index >= 15 is 0 Å². The topological polar surface area (TPSA) is 9.23 Å². The highest BCUT2D eigenvalue weighted by Crippen LogP contribution is 2.39. The van der Waals surface area contributed by atoms with Gasteiger partial charge in [0.25, 0.3) is 0 Å². The molecule has 0 saturated heterocycles. The summed E-state index contributed by atoms with van der Waals surface area (Å²) in [6, 6.07) is 7.37. The van der Waals surface area contributed by atoms with Gasteiger partial charge in [-0.2, -0.15) is 22.0 Å². The third-order valence-corrected chi connectivity index (χ3v) is 5.31. The van der Waals surface area contributed by atoms with Gasteiger partial charge in [-0.05, 0) is 41.8 Å². The number of hydrogen-bond donors (Lipinski definition) is 0. The molecule has 39 heavy (non-hydrogen) atoms. The Balaban J connectivity index is 1.88. The van der Waals surface area contributed by atoms with Crippen molar-refractivity contribution in [3.05, 3.63) is 130 Å². The second-order valence-corrected chi connectivity index (χ2v) is 8.30. The first kappa shape index (κ1) is 29.5. The average Bonchev–Trinajstić information content (AvgIpc) is 2.76. The van der Waals surface area contributed by atoms with Crippen molar-refractivity contribution < 1.29 is 48.6 Å². The summed E-state index contributed by atoms with van der Waals surface area (Å²) in [7, 11) is 0. The molecule has 206 valence electrons. The normalized spacial score (nSPS) is 13.0. The zero-order valence-corrected chi connectivity index (χ0v) is 20.0. The van der Waals surface area contributed by atoms with E-state index in [-0.39, 0.29) is 17.7 Å². The second-order valence-electron chi connectivity index (χ2n) is 8.30. The van der Waals surface area contributed by atoms with E-state index in [2.05, 4.69) is 11.3 Å². The number of alkyl halides is 5. The van der Waals surface area contributed by atoms with Crippen LogP contribution in [0.3, 0.4) is 0 Å². The molecule has 0 amide bonds. The first-order valence-electron chi connectivity index (χ1n) is 11.0. The molecule has 0 unspecified atom stereocenters. The minimum absolute atomic E-state index is 0.202. The molecular formula is C28H18F10O. The van der Waals surface area contributed by atoms with Gasteiger partial charge in [-0.25, -0.2) is 22.0 Å². The zero-order chi connectivity index (χ0) is 29.1. The molecule has 0 fully saturated rings. The second kappa shape index (κ2) is 11.4. The predicted molar refractivity (Wildman–Crippen MR) is 124 cm³/mol. The van der Waals surface area contributed by atoms with Crippen LogP contribution in [0.4, 0.5) is 43.9 Å². The Bertz CT molecular complexity index is 1390. The predicted octanol–water partition coefficient (Wildman–Crippen LogP) is 9.36. The lowest BCUT2D eigenvalue weighted by atomic mass is 10.0. The molecule has 0 aliphatic heterocycles. The maximum atomic E-state index is 14.7. The molecule has 0 heterocycles. The minimum atomic E-state index is -5.48. The van der Waals surface area contributed by atoms with E-state index in [1.54, 1.807) is 24.3 Å². The third kappa shape index (κ3) is 7.10. The van der Waals surface area contributed by atoms with Crippen molar-refractivity contribution in [2.75, 3.05) is 0 Å². The average molecular weight is 560 g/mol. The van der Waals surface area contributed by atoms with E-state index in [4.69, 9.17) is 0 Å². The number of aryl methyl sites for hydroxylation is 1. The van der Waals surface area contributed by atoms with Crippen LogP contribution in [0.5, 0.6) is 5.75 Å². The van der Waals surface area contributed by atoms with Crippen molar-refractivity contribution in [1.82, 2.24) is 0 Å². The largest absolute Gasteiger partial charge is 0.432 e. The third-order valence-electron chi connectivity index (χ3n) is 5.31. The Morgan fingerprint density at radius 2 is 1.33 bits per heavy atom. The first-order chi connectivity index (χ1) is 18.1. The van der Waals surface area contributed by atoms with Gasteiger partial charge in [0.1, 0.15) is 46.0 Å². The highest BCUT2D eigenvalue weighted by Gasteiger charge is 2.43. The lowest BCUT2D eigenvalue weighted by molar-refractivity contribution is -0.189. The van der Waals surface area contributed by atoms with E-state index in [0.717, 1.165) is 11.6 Å². The lowest BCUT2D eigenvalue weighted by Crippen LogP contribution is -2.26. The smallest absolute Gasteiger partial charge is 0.429 e. The molecule has 0 aromatic heterocycles. The van der Waals surface area contributed by atoms with Gasteiger partial charge in [-0.3, -0.25) is 0 Å². The summed E-state index contributed by atoms with van der Waals surface area (Å²) in [6.07, 6.45) is -7.14. The van der Waals surface area contributed by atoms with E-state index in [9.17, 15) is 43.9 Å². The van der Waals surface area contributed by atoms with Gasteiger partial charge in [0.05, 0.1) is 0 Å². The molecule has 0 aliphatic rings. The fraction of sp³-hybridized carbons (Fsp3) is 0.143. The van der Waals surface area contributed by atoms with Crippen LogP contribution in [0.1, 0.15) is 27.8 Å². The molecule has 0 atom stereocenters. The van der Waals surface area contributed by atoms with Crippen LogP contribution in [-0.2, 0) is 18.7 Å². The quantitative estimate of drug-likeness (QED) is 0.197. The van der Waals surface area contributed by atoms with Crippen molar-refractivity contribution in [1.29, 1.82) is 0 Å². The molecule has 11 heteroatoms. The van der Waals surface area contributed by atoms with Crippen molar-refractivity contribution in [2.45, 2.75) is 25.6 Å². The van der Waals surface area contributed by atoms with E-state index in [1.165, 1.54) is 12.2 Å². The molecular weight excluding hydrogens is 542 g/mol. The summed E-state index contributed by atoms with van der Waals surface area (Å²) in [5.74, 6) is -10.7. The summed E-state index contributed by atoms with van der Waals surface area (Å²) in [5, 5.41) is 0. The number of ether oxygens (including phenoxy) is 1. The van der Waals surface area contributed by atoms with Gasteiger partial charge in [-0.1, -0.05) is 48.6 Å². The van der Waals surface area contributed by atoms with E-state index < -0.39 is 64.7 Å². The molecule has 0 saturated carbocycles. The number of rotatable bonds is 8. The Morgan fingerprint density at radius 3 is 1.82 bits per heavy atom. The van der Waals surface area contributed by atoms with Crippen LogP contribution in [-0.4, -0.2) is 0 Å². The Hall–Kier alpha value is -4.02. The molecule has 3 aromatic carbocycles. The Morgan fingerprint density at radius 1 is 0.821 bits per heavy atom. The summed E-state index contributed by atoms with van der Waals surface area (Å²) >= 11 is 0. The summed E-state index contributed by atoms with van der Waals surface area (Å²) in [4.78, 5) is 0. The van der Waals surface area contributed by atoms with Crippen LogP contribution in [0, 0.1) is 30.2 Å². The summed E-state index contributed by atoms with van der Waals surface area (Å²) < 4.78 is 142. The fourth-order valence-corrected chi connectivity index (χ4v) is 3.60. The molecule has 0 bridgehead atoms. The lowest BCUT2D eigenvalue weighted by Gasteiger charge is -2.20. The highest BCUT2D eigenvalue weighted by atomic mass is 19.4. The molecule has 3 rings (SSSR count). The van der Waals surface area contributed by atoms with Gasteiger partial charge in [0.2, 0.25) is 0 Å². The first-order valence-corrected chi connectivity index (χ1v) is 11.0. The van der Waals surface area contributed by atoms with Crippen molar-refractivity contribution in [3.8, 4) is 5.75 Å². The zero-order valence-electron chi connectivity index (χ0n) is 20.0. The molecule has 0 spiro atoms. The molecule has 0 radical (unpaired) electrons. The number of hydrogen-bond acceptors (Lipinski definition) is 1. The monoisotopic (exact) mass is 560 g/mol. The van der Waals surface area contributed by atoms with Gasteiger partial charge >= 0.3 is 12.3 Å². The van der Waals surface area contributed by atoms with Gasteiger partial charge in [-0.15, -0.1) is 0 Å². The highest BCUT2D eigenvalue weighted by molar-refractivity contribution is 5.75. The Kier molecular flexibility index (Phi) is 8.62. The Labute approximate surface area is 216 Å². The SMILES string of the molecule is C=C/C=C(\C=C(\F)Cc1cc(F)c(C(F)(F)Oc2cc(F)c(C(F)(F)F)c(F)c2)c(F)c1)c1ccc(C)cc1. The van der Waals surface area contributed by atoms with Crippen LogP contribution < -0.4 is 4.74 Å². The van der Waals surface area contributed by atoms with Crippen LogP contribution in [0.15, 0.2) is 79.2 Å². The molecule has 3 aromatic rings. The standard InChI is InChI=1S/C28H18F10O/c1-3-4-18(17-7-5-15(2)6-8-17)12-19(29)9-16-10-21(30)26(22(31)11-16)28(37,38)39-20-13-23(32)25(24(33)14-20)27(34,35)36/h3-8,10-14H,1,9H2,2H3/b18-4+,19-12+. The van der Waals surface area contributed by atoms with Gasteiger partial charge in [0.15, 0.2) is 0 Å². The number of allylic oxidation sites excluding steroid dienone is 5. The minimum Gasteiger partial charge on any atom is -0.429 e. The number of benzene rings is 3. The molecule has 1 nitrogen and oxygen atoms in total. The number of halogens is 10. The van der Waals surface area contributed by atoms with E-state index in [0.29, 0.717) is 23.3 Å². The van der Waals surface area contributed by atoms with E-state index in [1.807, 2.05) is 6.92 Å². The van der Waals surface area contributed by atoms with Crippen molar-refractivity contribution >= 4 is 5.57 Å². The van der Waals surface area contributed by atoms with Crippen LogP contribution in [0.25, 0.3) is 5.57 Å². The maximum absolute atomic E-state index is 14.7. The molecule has 0 aliphatic carbocycles. The van der Waals surface area contributed by atoms with Gasteiger partial charge < -0.3 is 4.74 Å². The van der Waals surface area contributed by atoms with Crippen molar-refractivity contribution in [2.24, 2.45) is 0 Å². The van der Waals surface area contributed by atoms with Crippen LogP contribution >= 0.6 is 0 Å². The molecule has 0 N–H and O–H groups in total. The summed E-state index contributed by atoms with van der Waals surface area (Å²) in [6.45, 7) is 5.39.